The maximum absolute atomic E-state index is 12.3. The normalized spacial score (nSPS) is 40.9. The lowest BCUT2D eigenvalue weighted by Gasteiger charge is -2.59. The summed E-state index contributed by atoms with van der Waals surface area (Å²) in [7, 11) is 0. The van der Waals surface area contributed by atoms with Gasteiger partial charge in [0.2, 0.25) is 0 Å². The number of aliphatic hydroxyl groups is 1. The number of carbonyl (C=O) groups excluding carboxylic acids is 1. The molecule has 204 valence electrons. The van der Waals surface area contributed by atoms with Gasteiger partial charge in [-0.2, -0.15) is 0 Å². The van der Waals surface area contributed by atoms with Crippen molar-refractivity contribution in [1.29, 1.82) is 0 Å². The van der Waals surface area contributed by atoms with Crippen molar-refractivity contribution in [3.05, 3.63) is 11.6 Å². The summed E-state index contributed by atoms with van der Waals surface area (Å²) < 4.78 is 5.87. The molecule has 0 bridgehead atoms. The SMILES string of the molecule is C[C@H](CCC(C)(C)O)[C@H]1CC[C@H]2[C@@H]3CC=C4C[C@@](C)(OC(=O)CCC(=O)O)CC[C@]4(C)[C@H]3CC[C@]12C. The van der Waals surface area contributed by atoms with Gasteiger partial charge in [0.15, 0.2) is 0 Å². The van der Waals surface area contributed by atoms with Crippen molar-refractivity contribution in [2.24, 2.45) is 40.4 Å². The van der Waals surface area contributed by atoms with E-state index in [4.69, 9.17) is 9.84 Å². The van der Waals surface area contributed by atoms with Gasteiger partial charge in [-0.3, -0.25) is 9.59 Å². The van der Waals surface area contributed by atoms with Gasteiger partial charge in [-0.25, -0.2) is 0 Å². The molecule has 0 aromatic heterocycles. The first-order valence-corrected chi connectivity index (χ1v) is 14.5. The van der Waals surface area contributed by atoms with Crippen LogP contribution in [0.25, 0.3) is 0 Å². The molecule has 4 rings (SSSR count). The zero-order chi connectivity index (χ0) is 26.5. The summed E-state index contributed by atoms with van der Waals surface area (Å²) in [6, 6.07) is 0. The Morgan fingerprint density at radius 3 is 2.47 bits per heavy atom. The topological polar surface area (TPSA) is 83.8 Å². The standard InChI is InChI=1S/C31H50O5/c1-20(13-15-28(2,3)35)23-9-10-24-22-8-7-21-19-29(4,36-27(34)12-11-26(32)33)17-18-30(21,5)25(22)14-16-31(23,24)6/h7,20,22-25,35H,8-19H2,1-6H3,(H,32,33)/t20-,22+,23-,24+,25+,29+,30+,31-/m1/s1. The first-order chi connectivity index (χ1) is 16.7. The number of hydrogen-bond acceptors (Lipinski definition) is 4. The average Bonchev–Trinajstić information content (AvgIpc) is 3.13. The second kappa shape index (κ2) is 9.75. The van der Waals surface area contributed by atoms with Crippen molar-refractivity contribution in [1.82, 2.24) is 0 Å². The van der Waals surface area contributed by atoms with E-state index in [1.54, 1.807) is 0 Å². The van der Waals surface area contributed by atoms with Crippen LogP contribution < -0.4 is 0 Å². The third-order valence-corrected chi connectivity index (χ3v) is 11.2. The van der Waals surface area contributed by atoms with Gasteiger partial charge >= 0.3 is 11.9 Å². The highest BCUT2D eigenvalue weighted by Crippen LogP contribution is 2.68. The molecule has 3 fully saturated rings. The molecule has 0 radical (unpaired) electrons. The minimum absolute atomic E-state index is 0.0540. The fourth-order valence-electron chi connectivity index (χ4n) is 9.17. The minimum atomic E-state index is -0.959. The van der Waals surface area contributed by atoms with Crippen LogP contribution in [0.5, 0.6) is 0 Å². The predicted octanol–water partition coefficient (Wildman–Crippen LogP) is 6.92. The monoisotopic (exact) mass is 502 g/mol. The third-order valence-electron chi connectivity index (χ3n) is 11.2. The number of carboxylic acid groups (broad SMARTS) is 1. The molecular weight excluding hydrogens is 452 g/mol. The third kappa shape index (κ3) is 5.28. The second-order valence-corrected chi connectivity index (χ2v) is 14.3. The van der Waals surface area contributed by atoms with Gasteiger partial charge in [0.25, 0.3) is 0 Å². The van der Waals surface area contributed by atoms with Gasteiger partial charge in [0.05, 0.1) is 18.4 Å². The molecule has 3 saturated carbocycles. The molecule has 8 atom stereocenters. The van der Waals surface area contributed by atoms with E-state index >= 15 is 0 Å². The first-order valence-electron chi connectivity index (χ1n) is 14.5. The lowest BCUT2D eigenvalue weighted by Crippen LogP contribution is -2.52. The van der Waals surface area contributed by atoms with Crippen LogP contribution in [0, 0.1) is 40.4 Å². The van der Waals surface area contributed by atoms with E-state index in [9.17, 15) is 14.7 Å². The van der Waals surface area contributed by atoms with Crippen LogP contribution in [0.1, 0.15) is 119 Å². The largest absolute Gasteiger partial charge is 0.481 e. The molecule has 5 nitrogen and oxygen atoms in total. The summed E-state index contributed by atoms with van der Waals surface area (Å²) in [5.41, 5.74) is 0.960. The number of carbonyl (C=O) groups is 2. The van der Waals surface area contributed by atoms with E-state index < -0.39 is 17.2 Å². The van der Waals surface area contributed by atoms with Crippen LogP contribution in [0.2, 0.25) is 0 Å². The van der Waals surface area contributed by atoms with E-state index in [2.05, 4.69) is 26.8 Å². The van der Waals surface area contributed by atoms with Crippen LogP contribution in [0.4, 0.5) is 0 Å². The molecular formula is C31H50O5. The molecule has 0 heterocycles. The predicted molar refractivity (Wildman–Crippen MR) is 141 cm³/mol. The molecule has 0 aliphatic heterocycles. The number of fused-ring (bicyclic) bond motifs is 5. The van der Waals surface area contributed by atoms with Crippen molar-refractivity contribution in [3.63, 3.8) is 0 Å². The molecule has 4 aliphatic rings. The number of hydrogen-bond donors (Lipinski definition) is 2. The summed E-state index contributed by atoms with van der Waals surface area (Å²) in [5.74, 6) is 2.28. The van der Waals surface area contributed by atoms with Crippen molar-refractivity contribution < 1.29 is 24.5 Å². The molecule has 36 heavy (non-hydrogen) atoms. The van der Waals surface area contributed by atoms with Crippen LogP contribution in [-0.4, -0.2) is 33.4 Å². The molecule has 2 N–H and O–H groups in total. The summed E-state index contributed by atoms with van der Waals surface area (Å²) in [4.78, 5) is 23.2. The lowest BCUT2D eigenvalue weighted by molar-refractivity contribution is -0.164. The number of allylic oxidation sites excluding steroid dienone is 1. The number of aliphatic carboxylic acids is 1. The Morgan fingerprint density at radius 2 is 1.81 bits per heavy atom. The Morgan fingerprint density at radius 1 is 1.08 bits per heavy atom. The van der Waals surface area contributed by atoms with E-state index in [0.29, 0.717) is 17.3 Å². The van der Waals surface area contributed by atoms with Gasteiger partial charge in [0.1, 0.15) is 5.60 Å². The van der Waals surface area contributed by atoms with Gasteiger partial charge in [0, 0.05) is 6.42 Å². The highest BCUT2D eigenvalue weighted by atomic mass is 16.6. The highest BCUT2D eigenvalue weighted by Gasteiger charge is 2.60. The number of carboxylic acids is 1. The maximum Gasteiger partial charge on any atom is 0.306 e. The Bertz CT molecular complexity index is 886. The van der Waals surface area contributed by atoms with E-state index in [0.717, 1.165) is 56.3 Å². The lowest BCUT2D eigenvalue weighted by atomic mass is 9.46. The molecule has 5 heteroatoms. The molecule has 0 aromatic rings. The Kier molecular flexibility index (Phi) is 7.49. The Balaban J connectivity index is 1.45. The number of rotatable bonds is 8. The fourth-order valence-corrected chi connectivity index (χ4v) is 9.17. The summed E-state index contributed by atoms with van der Waals surface area (Å²) in [5, 5.41) is 19.2. The maximum atomic E-state index is 12.3. The molecule has 0 spiro atoms. The fraction of sp³-hybridized carbons (Fsp3) is 0.871. The average molecular weight is 503 g/mol. The van der Waals surface area contributed by atoms with Gasteiger partial charge in [-0.15, -0.1) is 0 Å². The smallest absolute Gasteiger partial charge is 0.306 e. The molecule has 4 aliphatic carbocycles. The zero-order valence-electron chi connectivity index (χ0n) is 23.6. The molecule has 0 amide bonds. The van der Waals surface area contributed by atoms with E-state index in [1.807, 2.05) is 20.8 Å². The summed E-state index contributed by atoms with van der Waals surface area (Å²) in [6.45, 7) is 13.4. The van der Waals surface area contributed by atoms with Crippen LogP contribution >= 0.6 is 0 Å². The number of ether oxygens (including phenoxy) is 1. The molecule has 0 aromatic carbocycles. The van der Waals surface area contributed by atoms with Crippen molar-refractivity contribution >= 4 is 11.9 Å². The Labute approximate surface area is 218 Å². The van der Waals surface area contributed by atoms with Crippen molar-refractivity contribution in [3.8, 4) is 0 Å². The minimum Gasteiger partial charge on any atom is -0.481 e. The molecule has 0 saturated heterocycles. The second-order valence-electron chi connectivity index (χ2n) is 14.3. The summed E-state index contributed by atoms with van der Waals surface area (Å²) >= 11 is 0. The van der Waals surface area contributed by atoms with Crippen LogP contribution in [0.3, 0.4) is 0 Å². The molecule has 0 unspecified atom stereocenters. The first kappa shape index (κ1) is 27.7. The van der Waals surface area contributed by atoms with Gasteiger partial charge in [-0.1, -0.05) is 32.4 Å². The highest BCUT2D eigenvalue weighted by molar-refractivity contribution is 5.76. The van der Waals surface area contributed by atoms with Crippen molar-refractivity contribution in [2.75, 3.05) is 0 Å². The van der Waals surface area contributed by atoms with E-state index in [-0.39, 0.29) is 24.2 Å². The number of esters is 1. The van der Waals surface area contributed by atoms with Crippen LogP contribution in [0.15, 0.2) is 11.6 Å². The van der Waals surface area contributed by atoms with Crippen molar-refractivity contribution in [2.45, 2.75) is 130 Å². The summed E-state index contributed by atoms with van der Waals surface area (Å²) in [6.07, 6.45) is 13.3. The Hall–Kier alpha value is -1.36. The van der Waals surface area contributed by atoms with Gasteiger partial charge < -0.3 is 14.9 Å². The van der Waals surface area contributed by atoms with Crippen LogP contribution in [-0.2, 0) is 14.3 Å². The van der Waals surface area contributed by atoms with Gasteiger partial charge in [-0.05, 0) is 119 Å². The van der Waals surface area contributed by atoms with E-state index in [1.165, 1.54) is 31.3 Å². The zero-order valence-corrected chi connectivity index (χ0v) is 23.6. The quantitative estimate of drug-likeness (QED) is 0.278.